The molecule has 2 fully saturated rings. The molecule has 1 saturated carbocycles. The highest BCUT2D eigenvalue weighted by Gasteiger charge is 2.34. The molecule has 1 aliphatic carbocycles. The van der Waals surface area contributed by atoms with E-state index in [1.807, 2.05) is 0 Å². The van der Waals surface area contributed by atoms with Crippen LogP contribution in [0, 0.1) is 11.3 Å². The largest absolute Gasteiger partial charge is 0.315 e. The maximum absolute atomic E-state index is 3.71. The van der Waals surface area contributed by atoms with Crippen LogP contribution in [0.5, 0.6) is 0 Å². The molecule has 0 radical (unpaired) electrons. The molecule has 1 saturated heterocycles. The van der Waals surface area contributed by atoms with Gasteiger partial charge in [0.1, 0.15) is 0 Å². The summed E-state index contributed by atoms with van der Waals surface area (Å²) in [7, 11) is 0. The first-order valence-corrected chi connectivity index (χ1v) is 6.12. The van der Waals surface area contributed by atoms with Crippen LogP contribution < -0.4 is 10.6 Å². The smallest absolute Gasteiger partial charge is 0.0204 e. The Labute approximate surface area is 87.8 Å². The first-order chi connectivity index (χ1) is 6.68. The fourth-order valence-electron chi connectivity index (χ4n) is 2.57. The van der Waals surface area contributed by atoms with Crippen LogP contribution in [0.2, 0.25) is 0 Å². The number of hydrogen-bond acceptors (Lipinski definition) is 2. The third-order valence-corrected chi connectivity index (χ3v) is 4.12. The van der Waals surface area contributed by atoms with Gasteiger partial charge in [0.25, 0.3) is 0 Å². The van der Waals surface area contributed by atoms with E-state index in [9.17, 15) is 0 Å². The first-order valence-electron chi connectivity index (χ1n) is 6.12. The van der Waals surface area contributed by atoms with E-state index in [2.05, 4.69) is 24.5 Å². The van der Waals surface area contributed by atoms with E-state index >= 15 is 0 Å². The van der Waals surface area contributed by atoms with Crippen LogP contribution in [-0.2, 0) is 0 Å². The Morgan fingerprint density at radius 1 is 1.29 bits per heavy atom. The van der Waals surface area contributed by atoms with Gasteiger partial charge < -0.3 is 10.6 Å². The molecule has 2 aliphatic rings. The summed E-state index contributed by atoms with van der Waals surface area (Å²) in [6.45, 7) is 8.41. The van der Waals surface area contributed by atoms with Gasteiger partial charge in [-0.1, -0.05) is 20.3 Å². The van der Waals surface area contributed by atoms with Crippen molar-refractivity contribution in [2.45, 2.75) is 45.6 Å². The summed E-state index contributed by atoms with van der Waals surface area (Å²) >= 11 is 0. The van der Waals surface area contributed by atoms with Crippen LogP contribution in [0.25, 0.3) is 0 Å². The van der Waals surface area contributed by atoms with Crippen molar-refractivity contribution in [2.75, 3.05) is 19.6 Å². The number of nitrogens with one attached hydrogen (secondary N) is 2. The van der Waals surface area contributed by atoms with E-state index in [1.165, 1.54) is 45.3 Å². The van der Waals surface area contributed by atoms with Crippen LogP contribution >= 0.6 is 0 Å². The summed E-state index contributed by atoms with van der Waals surface area (Å²) in [6.07, 6.45) is 5.68. The summed E-state index contributed by atoms with van der Waals surface area (Å²) in [4.78, 5) is 0. The molecule has 0 spiro atoms. The Hall–Kier alpha value is -0.0800. The van der Waals surface area contributed by atoms with Crippen molar-refractivity contribution in [3.8, 4) is 0 Å². The lowest BCUT2D eigenvalue weighted by molar-refractivity contribution is 0.116. The molecule has 0 aromatic heterocycles. The molecular weight excluding hydrogens is 172 g/mol. The second-order valence-corrected chi connectivity index (χ2v) is 5.69. The third kappa shape index (κ3) is 2.29. The molecule has 0 aromatic rings. The topological polar surface area (TPSA) is 24.1 Å². The molecule has 14 heavy (non-hydrogen) atoms. The van der Waals surface area contributed by atoms with Crippen LogP contribution in [0.1, 0.15) is 39.5 Å². The molecule has 2 N–H and O–H groups in total. The second kappa shape index (κ2) is 4.19. The highest BCUT2D eigenvalue weighted by Crippen LogP contribution is 2.41. The molecule has 2 heteroatoms. The van der Waals surface area contributed by atoms with Gasteiger partial charge in [-0.2, -0.15) is 0 Å². The molecule has 1 aliphatic heterocycles. The van der Waals surface area contributed by atoms with E-state index in [0.29, 0.717) is 5.41 Å². The lowest BCUT2D eigenvalue weighted by Crippen LogP contribution is -2.43. The highest BCUT2D eigenvalue weighted by molar-refractivity contribution is 4.88. The SMILES string of the molecule is CC(C)(CNC1CCNC1)C1CCC1. The molecule has 2 nitrogen and oxygen atoms in total. The average molecular weight is 196 g/mol. The monoisotopic (exact) mass is 196 g/mol. The van der Waals surface area contributed by atoms with Crippen molar-refractivity contribution >= 4 is 0 Å². The fraction of sp³-hybridized carbons (Fsp3) is 1.00. The molecule has 2 rings (SSSR count). The van der Waals surface area contributed by atoms with Crippen LogP contribution in [0.3, 0.4) is 0 Å². The molecular formula is C12H24N2. The van der Waals surface area contributed by atoms with Crippen LogP contribution in [0.4, 0.5) is 0 Å². The summed E-state index contributed by atoms with van der Waals surface area (Å²) < 4.78 is 0. The average Bonchev–Trinajstić information content (AvgIpc) is 2.48. The van der Waals surface area contributed by atoms with Crippen molar-refractivity contribution in [2.24, 2.45) is 11.3 Å². The van der Waals surface area contributed by atoms with Crippen molar-refractivity contribution in [3.63, 3.8) is 0 Å². The zero-order valence-corrected chi connectivity index (χ0v) is 9.60. The van der Waals surface area contributed by atoms with E-state index in [-0.39, 0.29) is 0 Å². The minimum Gasteiger partial charge on any atom is -0.315 e. The zero-order valence-electron chi connectivity index (χ0n) is 9.60. The third-order valence-electron chi connectivity index (χ3n) is 4.12. The van der Waals surface area contributed by atoms with Gasteiger partial charge >= 0.3 is 0 Å². The maximum Gasteiger partial charge on any atom is 0.0204 e. The van der Waals surface area contributed by atoms with Gasteiger partial charge in [0.05, 0.1) is 0 Å². The summed E-state index contributed by atoms with van der Waals surface area (Å²) in [6, 6.07) is 0.731. The van der Waals surface area contributed by atoms with Crippen molar-refractivity contribution in [3.05, 3.63) is 0 Å². The van der Waals surface area contributed by atoms with Crippen molar-refractivity contribution in [1.82, 2.24) is 10.6 Å². The van der Waals surface area contributed by atoms with Gasteiger partial charge in [-0.3, -0.25) is 0 Å². The van der Waals surface area contributed by atoms with Gasteiger partial charge in [-0.15, -0.1) is 0 Å². The molecule has 0 amide bonds. The second-order valence-electron chi connectivity index (χ2n) is 5.69. The van der Waals surface area contributed by atoms with Gasteiger partial charge in [0.15, 0.2) is 0 Å². The Morgan fingerprint density at radius 3 is 2.57 bits per heavy atom. The quantitative estimate of drug-likeness (QED) is 0.716. The number of hydrogen-bond donors (Lipinski definition) is 2. The number of rotatable bonds is 4. The zero-order chi connectivity index (χ0) is 10.0. The fourth-order valence-corrected chi connectivity index (χ4v) is 2.57. The predicted octanol–water partition coefficient (Wildman–Crippen LogP) is 1.76. The molecule has 1 unspecified atom stereocenters. The van der Waals surface area contributed by atoms with E-state index in [1.54, 1.807) is 0 Å². The lowest BCUT2D eigenvalue weighted by Gasteiger charge is -2.41. The normalized spacial score (nSPS) is 29.1. The molecule has 1 atom stereocenters. The lowest BCUT2D eigenvalue weighted by atomic mass is 9.67. The summed E-state index contributed by atoms with van der Waals surface area (Å²) in [5.41, 5.74) is 0.515. The maximum atomic E-state index is 3.71. The summed E-state index contributed by atoms with van der Waals surface area (Å²) in [5, 5.41) is 7.11. The highest BCUT2D eigenvalue weighted by atomic mass is 15.0. The predicted molar refractivity (Wildman–Crippen MR) is 60.4 cm³/mol. The van der Waals surface area contributed by atoms with Crippen LogP contribution in [0.15, 0.2) is 0 Å². The van der Waals surface area contributed by atoms with Crippen molar-refractivity contribution < 1.29 is 0 Å². The standard InChI is InChI=1S/C12H24N2/c1-12(2,10-4-3-5-10)9-14-11-6-7-13-8-11/h10-11,13-14H,3-9H2,1-2H3. The summed E-state index contributed by atoms with van der Waals surface area (Å²) in [5.74, 6) is 0.976. The van der Waals surface area contributed by atoms with Gasteiger partial charge in [-0.25, -0.2) is 0 Å². The Balaban J connectivity index is 1.72. The molecule has 0 aromatic carbocycles. The van der Waals surface area contributed by atoms with Crippen LogP contribution in [-0.4, -0.2) is 25.7 Å². The Kier molecular flexibility index (Phi) is 3.13. The Morgan fingerprint density at radius 2 is 2.07 bits per heavy atom. The molecule has 0 bridgehead atoms. The van der Waals surface area contributed by atoms with E-state index in [4.69, 9.17) is 0 Å². The van der Waals surface area contributed by atoms with E-state index in [0.717, 1.165) is 12.0 Å². The van der Waals surface area contributed by atoms with Gasteiger partial charge in [0, 0.05) is 19.1 Å². The minimum atomic E-state index is 0.515. The van der Waals surface area contributed by atoms with Gasteiger partial charge in [-0.05, 0) is 37.1 Å². The minimum absolute atomic E-state index is 0.515. The Bertz CT molecular complexity index is 179. The molecule has 82 valence electrons. The van der Waals surface area contributed by atoms with E-state index < -0.39 is 0 Å². The van der Waals surface area contributed by atoms with Crippen molar-refractivity contribution in [1.29, 1.82) is 0 Å². The van der Waals surface area contributed by atoms with Gasteiger partial charge in [0.2, 0.25) is 0 Å². The first kappa shape index (κ1) is 10.4. The molecule has 1 heterocycles.